The van der Waals surface area contributed by atoms with Crippen molar-refractivity contribution in [3.05, 3.63) is 58.7 Å². The number of hydrogen-bond acceptors (Lipinski definition) is 21. The average Bonchev–Trinajstić information content (AvgIpc) is 3.46. The maximum absolute atomic E-state index is 14.1. The van der Waals surface area contributed by atoms with Crippen LogP contribution in [0.4, 0.5) is 0 Å². The van der Waals surface area contributed by atoms with Gasteiger partial charge in [0, 0.05) is 77.4 Å². The third-order valence-corrected chi connectivity index (χ3v) is 16.4. The Morgan fingerprint density at radius 2 is 1.42 bits per heavy atom. The Morgan fingerprint density at radius 1 is 0.747 bits per heavy atom. The van der Waals surface area contributed by atoms with Crippen molar-refractivity contribution < 1.29 is 102 Å². The number of allylic oxidation sites excluding steroid dienone is 7. The predicted octanol–water partition coefficient (Wildman–Crippen LogP) is 3.59. The van der Waals surface area contributed by atoms with Crippen LogP contribution in [0.25, 0.3) is 0 Å². The summed E-state index contributed by atoms with van der Waals surface area (Å²) < 4.78 is 72.0. The lowest BCUT2D eigenvalue weighted by Gasteiger charge is -2.51. The zero-order chi connectivity index (χ0) is 58.8. The minimum atomic E-state index is -2.54. The second-order valence-corrected chi connectivity index (χ2v) is 23.0. The van der Waals surface area contributed by atoms with Crippen LogP contribution in [-0.2, 0) is 61.6 Å². The van der Waals surface area contributed by atoms with Crippen molar-refractivity contribution in [1.82, 2.24) is 0 Å². The minimum absolute atomic E-state index is 0.00743. The van der Waals surface area contributed by atoms with Crippen LogP contribution in [0.2, 0.25) is 0 Å². The molecule has 0 aromatic rings. The Kier molecular flexibility index (Phi) is 25.3. The van der Waals surface area contributed by atoms with E-state index in [0.717, 1.165) is 11.1 Å². The first-order chi connectivity index (χ1) is 37.1. The second kappa shape index (κ2) is 29.8. The Balaban J connectivity index is 1.37. The van der Waals surface area contributed by atoms with E-state index in [1.807, 2.05) is 51.2 Å². The van der Waals surface area contributed by atoms with Gasteiger partial charge in [0.2, 0.25) is 5.79 Å². The summed E-state index contributed by atoms with van der Waals surface area (Å²) in [7, 11) is 5.80. The fraction of sp³-hybridized carbons (Fsp3) is 0.810. The number of esters is 1. The minimum Gasteiger partial charge on any atom is -0.456 e. The lowest BCUT2D eigenvalue weighted by Crippen LogP contribution is -2.66. The summed E-state index contributed by atoms with van der Waals surface area (Å²) in [6, 6.07) is 0. The molecule has 0 aliphatic carbocycles. The molecule has 25 atom stereocenters. The van der Waals surface area contributed by atoms with Crippen LogP contribution in [0.1, 0.15) is 115 Å². The van der Waals surface area contributed by atoms with Crippen molar-refractivity contribution in [2.75, 3.05) is 35.0 Å². The Morgan fingerprint density at radius 3 is 2.05 bits per heavy atom. The van der Waals surface area contributed by atoms with E-state index in [9.17, 15) is 45.6 Å². The zero-order valence-electron chi connectivity index (χ0n) is 49.1. The Hall–Kier alpha value is -2.59. The summed E-state index contributed by atoms with van der Waals surface area (Å²) in [4.78, 5) is 14.1. The van der Waals surface area contributed by atoms with Crippen molar-refractivity contribution >= 4 is 5.97 Å². The fourth-order valence-corrected chi connectivity index (χ4v) is 11.6. The van der Waals surface area contributed by atoms with Crippen LogP contribution in [0.15, 0.2) is 58.7 Å². The van der Waals surface area contributed by atoms with Gasteiger partial charge in [-0.3, -0.25) is 0 Å². The van der Waals surface area contributed by atoms with Crippen LogP contribution in [-0.4, -0.2) is 216 Å². The topological polar surface area (TPSA) is 290 Å². The van der Waals surface area contributed by atoms with Crippen molar-refractivity contribution in [1.29, 1.82) is 0 Å². The molecule has 79 heavy (non-hydrogen) atoms. The average molecular weight is 1130 g/mol. The van der Waals surface area contributed by atoms with Gasteiger partial charge < -0.3 is 97.7 Å². The number of cyclic esters (lactones) is 1. The van der Waals surface area contributed by atoms with E-state index in [1.54, 1.807) is 54.5 Å². The predicted molar refractivity (Wildman–Crippen MR) is 288 cm³/mol. The van der Waals surface area contributed by atoms with Crippen LogP contribution in [0.3, 0.4) is 0 Å². The van der Waals surface area contributed by atoms with Crippen molar-refractivity contribution in [3.63, 3.8) is 0 Å². The quantitative estimate of drug-likeness (QED) is 0.109. The summed E-state index contributed by atoms with van der Waals surface area (Å²) in [5.41, 5.74) is 0.977. The molecule has 454 valence electrons. The van der Waals surface area contributed by atoms with E-state index >= 15 is 0 Å². The summed E-state index contributed by atoms with van der Waals surface area (Å²) in [6.45, 7) is 19.1. The van der Waals surface area contributed by atoms with Gasteiger partial charge in [0.25, 0.3) is 0 Å². The number of carbonyl (C=O) groups is 1. The van der Waals surface area contributed by atoms with Gasteiger partial charge in [-0.25, -0.2) is 4.79 Å². The molecule has 5 heterocycles. The van der Waals surface area contributed by atoms with Gasteiger partial charge in [0.1, 0.15) is 42.7 Å². The van der Waals surface area contributed by atoms with Crippen molar-refractivity contribution in [3.8, 4) is 0 Å². The first-order valence-electron chi connectivity index (χ1n) is 27.9. The molecule has 0 aromatic heterocycles. The standard InChI is InChI=1S/C58H96O21/c1-29-17-16-18-40(59)43(69-13)25-45(76-55(65)33(5)23-31(3)21-30(2)22-32(4)41(20-19-29)77-56-51(63)50(62)52(71-15)37(9)74-56)53(64)58(67)35(7)48(60)34(6)42(79-58)24-39(28-68-12)75-47-27-57(11,66)54(38(10)73-47)78-46-26-44(70-14)49(61)36(8)72-46/h17,19-23,32,34-54,56,59-64,66-67H,16,18,24-28H2,1-15H3/t32-,34+,35-,36-,37+,38+,39-,40+,41-,42-,43+,44-,45+,46+,47+,48+,49-,50+,51+,52+,53-,54+,56+,57+,58-/m1/s1. The highest BCUT2D eigenvalue weighted by Gasteiger charge is 2.57. The lowest BCUT2D eigenvalue weighted by atomic mass is 9.76. The summed E-state index contributed by atoms with van der Waals surface area (Å²) >= 11 is 0. The normalized spacial score (nSPS) is 43.6. The SMILES string of the molecule is COC[C@@H](C[C@H]1O[C@@](O)([C@H](O)[C@@H]2C[C@H](OC)[C@@H](O)CCC=C(C)C=C[C@@H](O[C@@H]3O[C@@H](C)[C@H](OC)[C@@H](O)[C@@H]3O)[C@H](C)C=C(C)C=C(C)C=C(C)C(=O)O2)[C@H](C)[C@@H](O)[C@H]1C)O[C@H]1C[C@](C)(O)[C@@H](O[C@H]2C[C@@H](OC)[C@H](O)[C@@H](C)O2)[C@H](C)O1. The first-order valence-corrected chi connectivity index (χ1v) is 27.9. The third kappa shape index (κ3) is 17.3. The van der Waals surface area contributed by atoms with E-state index in [1.165, 1.54) is 35.4 Å². The summed E-state index contributed by atoms with van der Waals surface area (Å²) in [5.74, 6) is -5.45. The van der Waals surface area contributed by atoms with E-state index in [2.05, 4.69) is 0 Å². The molecule has 0 amide bonds. The second-order valence-electron chi connectivity index (χ2n) is 23.0. The molecule has 4 saturated heterocycles. The zero-order valence-corrected chi connectivity index (χ0v) is 49.1. The summed E-state index contributed by atoms with van der Waals surface area (Å²) in [6.07, 6.45) is -8.27. The van der Waals surface area contributed by atoms with Crippen molar-refractivity contribution in [2.24, 2.45) is 17.8 Å². The van der Waals surface area contributed by atoms with E-state index in [4.69, 9.17) is 56.8 Å². The largest absolute Gasteiger partial charge is 0.456 e. The van der Waals surface area contributed by atoms with E-state index in [0.29, 0.717) is 12.0 Å². The number of aliphatic hydroxyl groups excluding tert-OH is 6. The molecule has 5 aliphatic rings. The van der Waals surface area contributed by atoms with Crippen LogP contribution in [0, 0.1) is 17.8 Å². The number of hydrogen-bond donors (Lipinski definition) is 8. The molecule has 21 heteroatoms. The maximum Gasteiger partial charge on any atom is 0.334 e. The van der Waals surface area contributed by atoms with Gasteiger partial charge in [-0.15, -0.1) is 0 Å². The van der Waals surface area contributed by atoms with Crippen LogP contribution < -0.4 is 0 Å². The fourth-order valence-electron chi connectivity index (χ4n) is 11.6. The highest BCUT2D eigenvalue weighted by Crippen LogP contribution is 2.43. The molecule has 5 aliphatic heterocycles. The molecule has 0 unspecified atom stereocenters. The van der Waals surface area contributed by atoms with Gasteiger partial charge in [0.15, 0.2) is 18.9 Å². The third-order valence-electron chi connectivity index (χ3n) is 16.4. The molecule has 8 N–H and O–H groups in total. The van der Waals surface area contributed by atoms with Crippen LogP contribution in [0.5, 0.6) is 0 Å². The summed E-state index contributed by atoms with van der Waals surface area (Å²) in [5, 5.41) is 92.6. The highest BCUT2D eigenvalue weighted by atomic mass is 16.7. The lowest BCUT2D eigenvalue weighted by molar-refractivity contribution is -0.366. The number of rotatable bonds is 15. The molecule has 5 rings (SSSR count). The van der Waals surface area contributed by atoms with Gasteiger partial charge >= 0.3 is 5.97 Å². The van der Waals surface area contributed by atoms with Gasteiger partial charge in [-0.05, 0) is 74.3 Å². The molecule has 0 saturated carbocycles. The molecule has 21 nitrogen and oxygen atoms in total. The molecular formula is C58H96O21. The number of aliphatic hydroxyl groups is 8. The number of ether oxygens (including phenoxy) is 12. The van der Waals surface area contributed by atoms with Crippen LogP contribution >= 0.6 is 0 Å². The smallest absolute Gasteiger partial charge is 0.334 e. The molecule has 0 aromatic carbocycles. The van der Waals surface area contributed by atoms with Gasteiger partial charge in [0.05, 0.1) is 73.2 Å². The maximum atomic E-state index is 14.1. The monoisotopic (exact) mass is 1130 g/mol. The first kappa shape index (κ1) is 67.2. The molecule has 0 spiro atoms. The number of carbonyl (C=O) groups excluding carboxylic acids is 1. The van der Waals surface area contributed by atoms with Gasteiger partial charge in [-0.2, -0.15) is 0 Å². The Labute approximate surface area is 467 Å². The van der Waals surface area contributed by atoms with E-state index < -0.39 is 152 Å². The van der Waals surface area contributed by atoms with Gasteiger partial charge in [-0.1, -0.05) is 67.9 Å². The Bertz CT molecular complexity index is 2080. The van der Waals surface area contributed by atoms with Crippen molar-refractivity contribution in [2.45, 2.75) is 249 Å². The highest BCUT2D eigenvalue weighted by molar-refractivity contribution is 5.88. The van der Waals surface area contributed by atoms with E-state index in [-0.39, 0.29) is 50.2 Å². The molecule has 4 fully saturated rings. The molecule has 0 bridgehead atoms. The number of methoxy groups -OCH3 is 4. The molecule has 0 radical (unpaired) electrons. The molecular weight excluding hydrogens is 1030 g/mol.